The van der Waals surface area contributed by atoms with Gasteiger partial charge in [0.05, 0.1) is 5.71 Å². The molecule has 0 aromatic heterocycles. The van der Waals surface area contributed by atoms with Gasteiger partial charge in [0.25, 0.3) is 5.91 Å². The minimum atomic E-state index is -0.301. The van der Waals surface area contributed by atoms with Gasteiger partial charge in [-0.15, -0.1) is 0 Å². The van der Waals surface area contributed by atoms with Crippen LogP contribution in [0.25, 0.3) is 10.8 Å². The van der Waals surface area contributed by atoms with Crippen LogP contribution in [-0.2, 0) is 4.79 Å². The second-order valence-electron chi connectivity index (χ2n) is 6.89. The summed E-state index contributed by atoms with van der Waals surface area (Å²) in [6, 6.07) is 19.9. The van der Waals surface area contributed by atoms with Gasteiger partial charge in [0.15, 0.2) is 6.61 Å². The number of halogens is 1. The lowest BCUT2D eigenvalue weighted by Crippen LogP contribution is -2.25. The molecule has 1 N–H and O–H groups in total. The molecule has 4 nitrogen and oxygen atoms in total. The summed E-state index contributed by atoms with van der Waals surface area (Å²) in [5.41, 5.74) is 5.56. The third kappa shape index (κ3) is 4.78. The molecule has 0 saturated carbocycles. The molecular weight excluding hydrogens is 416 g/mol. The molecule has 0 aliphatic heterocycles. The average molecular weight is 439 g/mol. The molecule has 28 heavy (non-hydrogen) atoms. The lowest BCUT2D eigenvalue weighted by atomic mass is 10.0. The average Bonchev–Trinajstić information content (AvgIpc) is 2.71. The van der Waals surface area contributed by atoms with Crippen LogP contribution in [0.5, 0.6) is 5.75 Å². The zero-order valence-corrected chi connectivity index (χ0v) is 17.8. The zero-order chi connectivity index (χ0) is 20.1. The van der Waals surface area contributed by atoms with Gasteiger partial charge in [0.1, 0.15) is 5.75 Å². The number of amides is 1. The fraction of sp³-hybridized carbons (Fsp3) is 0.217. The number of hydrazone groups is 1. The van der Waals surface area contributed by atoms with Crippen molar-refractivity contribution >= 4 is 38.3 Å². The van der Waals surface area contributed by atoms with Crippen molar-refractivity contribution in [2.24, 2.45) is 5.10 Å². The summed E-state index contributed by atoms with van der Waals surface area (Å²) in [6.07, 6.45) is 0. The third-order valence-corrected chi connectivity index (χ3v) is 5.22. The molecule has 0 aliphatic carbocycles. The summed E-state index contributed by atoms with van der Waals surface area (Å²) < 4.78 is 6.70. The van der Waals surface area contributed by atoms with Crippen molar-refractivity contribution in [1.82, 2.24) is 5.43 Å². The van der Waals surface area contributed by atoms with Gasteiger partial charge in [-0.3, -0.25) is 4.79 Å². The molecule has 5 heteroatoms. The Balaban J connectivity index is 1.62. The Kier molecular flexibility index (Phi) is 6.47. The van der Waals surface area contributed by atoms with E-state index in [4.69, 9.17) is 4.74 Å². The molecule has 0 fully saturated rings. The first-order chi connectivity index (χ1) is 13.5. The highest BCUT2D eigenvalue weighted by Crippen LogP contribution is 2.31. The number of carbonyl (C=O) groups excluding carboxylic acids is 1. The number of carbonyl (C=O) groups is 1. The lowest BCUT2D eigenvalue weighted by molar-refractivity contribution is -0.123. The van der Waals surface area contributed by atoms with Crippen LogP contribution in [0, 0.1) is 0 Å². The Morgan fingerprint density at radius 3 is 2.39 bits per heavy atom. The quantitative estimate of drug-likeness (QED) is 0.399. The topological polar surface area (TPSA) is 50.7 Å². The zero-order valence-electron chi connectivity index (χ0n) is 16.2. The SMILES string of the molecule is C/C(=N/NC(=O)COc1ccc(Br)c2ccccc12)c1ccc(C(C)C)cc1. The first kappa shape index (κ1) is 20.1. The van der Waals surface area contributed by atoms with Crippen molar-refractivity contribution in [3.63, 3.8) is 0 Å². The molecule has 0 heterocycles. The van der Waals surface area contributed by atoms with Crippen LogP contribution in [0.3, 0.4) is 0 Å². The number of benzene rings is 3. The van der Waals surface area contributed by atoms with E-state index in [1.807, 2.05) is 55.5 Å². The van der Waals surface area contributed by atoms with Crippen molar-refractivity contribution in [2.45, 2.75) is 26.7 Å². The standard InChI is InChI=1S/C23H23BrN2O2/c1-15(2)17-8-10-18(11-9-17)16(3)25-26-23(27)14-28-22-13-12-21(24)19-6-4-5-7-20(19)22/h4-13,15H,14H2,1-3H3,(H,26,27)/b25-16-. The molecule has 3 rings (SSSR count). The molecule has 1 amide bonds. The predicted octanol–water partition coefficient (Wildman–Crippen LogP) is 5.64. The molecule has 0 saturated heterocycles. The Hall–Kier alpha value is -2.66. The summed E-state index contributed by atoms with van der Waals surface area (Å²) in [4.78, 5) is 12.1. The highest BCUT2D eigenvalue weighted by Gasteiger charge is 2.08. The van der Waals surface area contributed by atoms with Crippen molar-refractivity contribution in [3.05, 3.63) is 76.3 Å². The Morgan fingerprint density at radius 1 is 1.04 bits per heavy atom. The van der Waals surface area contributed by atoms with Crippen LogP contribution in [-0.4, -0.2) is 18.2 Å². The smallest absolute Gasteiger partial charge is 0.277 e. The molecule has 144 valence electrons. The van der Waals surface area contributed by atoms with Crippen LogP contribution < -0.4 is 10.2 Å². The second kappa shape index (κ2) is 9.02. The van der Waals surface area contributed by atoms with Gasteiger partial charge in [0, 0.05) is 9.86 Å². The summed E-state index contributed by atoms with van der Waals surface area (Å²) in [5, 5.41) is 6.18. The Bertz CT molecular complexity index is 1010. The van der Waals surface area contributed by atoms with Crippen LogP contribution in [0.15, 0.2) is 70.2 Å². The maximum atomic E-state index is 12.1. The summed E-state index contributed by atoms with van der Waals surface area (Å²) in [5.74, 6) is 0.849. The van der Waals surface area contributed by atoms with Crippen molar-refractivity contribution in [3.8, 4) is 5.75 Å². The van der Waals surface area contributed by atoms with E-state index in [-0.39, 0.29) is 12.5 Å². The van der Waals surface area contributed by atoms with E-state index < -0.39 is 0 Å². The van der Waals surface area contributed by atoms with Gasteiger partial charge in [0.2, 0.25) is 0 Å². The van der Waals surface area contributed by atoms with Gasteiger partial charge >= 0.3 is 0 Å². The normalized spacial score (nSPS) is 11.7. The predicted molar refractivity (Wildman–Crippen MR) is 118 cm³/mol. The first-order valence-corrected chi connectivity index (χ1v) is 9.98. The van der Waals surface area contributed by atoms with Gasteiger partial charge < -0.3 is 4.74 Å². The van der Waals surface area contributed by atoms with E-state index in [0.29, 0.717) is 11.7 Å². The van der Waals surface area contributed by atoms with E-state index in [0.717, 1.165) is 26.5 Å². The summed E-state index contributed by atoms with van der Waals surface area (Å²) in [7, 11) is 0. The van der Waals surface area contributed by atoms with Crippen molar-refractivity contribution < 1.29 is 9.53 Å². The summed E-state index contributed by atoms with van der Waals surface area (Å²) in [6.45, 7) is 6.08. The third-order valence-electron chi connectivity index (χ3n) is 4.53. The fourth-order valence-corrected chi connectivity index (χ4v) is 3.33. The van der Waals surface area contributed by atoms with Gasteiger partial charge in [-0.05, 0) is 41.5 Å². The van der Waals surface area contributed by atoms with Crippen LogP contribution in [0.1, 0.15) is 37.8 Å². The van der Waals surface area contributed by atoms with Gasteiger partial charge in [-0.1, -0.05) is 78.3 Å². The minimum Gasteiger partial charge on any atom is -0.483 e. The highest BCUT2D eigenvalue weighted by molar-refractivity contribution is 9.10. The first-order valence-electron chi connectivity index (χ1n) is 9.19. The molecule has 0 unspecified atom stereocenters. The fourth-order valence-electron chi connectivity index (χ4n) is 2.86. The maximum absolute atomic E-state index is 12.1. The molecule has 0 aliphatic rings. The molecule has 0 atom stereocenters. The molecule has 0 radical (unpaired) electrons. The molecular formula is C23H23BrN2O2. The Labute approximate surface area is 173 Å². The minimum absolute atomic E-state index is 0.102. The highest BCUT2D eigenvalue weighted by atomic mass is 79.9. The van der Waals surface area contributed by atoms with Crippen LogP contribution in [0.2, 0.25) is 0 Å². The molecule has 3 aromatic carbocycles. The number of nitrogens with one attached hydrogen (secondary N) is 1. The molecule has 0 bridgehead atoms. The van der Waals surface area contributed by atoms with E-state index >= 15 is 0 Å². The van der Waals surface area contributed by atoms with E-state index in [1.165, 1.54) is 5.56 Å². The van der Waals surface area contributed by atoms with E-state index in [1.54, 1.807) is 0 Å². The van der Waals surface area contributed by atoms with Gasteiger partial charge in [-0.2, -0.15) is 5.10 Å². The largest absolute Gasteiger partial charge is 0.483 e. The number of fused-ring (bicyclic) bond motifs is 1. The number of ether oxygens (including phenoxy) is 1. The lowest BCUT2D eigenvalue weighted by Gasteiger charge is -2.10. The number of hydrogen-bond acceptors (Lipinski definition) is 3. The monoisotopic (exact) mass is 438 g/mol. The second-order valence-corrected chi connectivity index (χ2v) is 7.74. The Morgan fingerprint density at radius 2 is 1.71 bits per heavy atom. The van der Waals surface area contributed by atoms with Crippen molar-refractivity contribution in [2.75, 3.05) is 6.61 Å². The van der Waals surface area contributed by atoms with Gasteiger partial charge in [-0.25, -0.2) is 5.43 Å². The molecule has 0 spiro atoms. The maximum Gasteiger partial charge on any atom is 0.277 e. The number of nitrogens with zero attached hydrogens (tertiary/aromatic N) is 1. The summed E-state index contributed by atoms with van der Waals surface area (Å²) >= 11 is 3.53. The number of rotatable bonds is 6. The number of hydrogen-bond donors (Lipinski definition) is 1. The van der Waals surface area contributed by atoms with E-state index in [2.05, 4.69) is 52.4 Å². The van der Waals surface area contributed by atoms with Crippen LogP contribution >= 0.6 is 15.9 Å². The van der Waals surface area contributed by atoms with Crippen molar-refractivity contribution in [1.29, 1.82) is 0 Å². The van der Waals surface area contributed by atoms with Crippen LogP contribution in [0.4, 0.5) is 0 Å². The van der Waals surface area contributed by atoms with E-state index in [9.17, 15) is 4.79 Å². The molecule has 3 aromatic rings.